The summed E-state index contributed by atoms with van der Waals surface area (Å²) in [5.41, 5.74) is 3.40. The third-order valence-electron chi connectivity index (χ3n) is 3.32. The molecular formula is C13H22O3. The quantitative estimate of drug-likeness (QED) is 0.585. The van der Waals surface area contributed by atoms with Gasteiger partial charge >= 0.3 is 0 Å². The van der Waals surface area contributed by atoms with Crippen molar-refractivity contribution in [1.29, 1.82) is 0 Å². The van der Waals surface area contributed by atoms with Crippen LogP contribution in [0.2, 0.25) is 0 Å². The average Bonchev–Trinajstić information content (AvgIpc) is 2.18. The first-order valence-corrected chi connectivity index (χ1v) is 5.68. The molecule has 16 heavy (non-hydrogen) atoms. The van der Waals surface area contributed by atoms with E-state index in [1.807, 2.05) is 27.7 Å². The van der Waals surface area contributed by atoms with Gasteiger partial charge in [0.05, 0.1) is 12.2 Å². The zero-order chi connectivity index (χ0) is 12.6. The lowest BCUT2D eigenvalue weighted by molar-refractivity contribution is -0.0440. The molecule has 0 heterocycles. The molecule has 3 N–H and O–H groups in total. The lowest BCUT2D eigenvalue weighted by atomic mass is 9.73. The van der Waals surface area contributed by atoms with Crippen molar-refractivity contribution in [3.63, 3.8) is 0 Å². The van der Waals surface area contributed by atoms with Gasteiger partial charge in [0.15, 0.2) is 0 Å². The molecule has 0 amide bonds. The highest BCUT2D eigenvalue weighted by molar-refractivity contribution is 5.45. The molecule has 0 aromatic rings. The maximum atomic E-state index is 10.2. The summed E-state index contributed by atoms with van der Waals surface area (Å²) in [5, 5.41) is 30.1. The van der Waals surface area contributed by atoms with Gasteiger partial charge in [0.1, 0.15) is 6.10 Å². The highest BCUT2D eigenvalue weighted by atomic mass is 16.3. The Morgan fingerprint density at radius 3 is 1.56 bits per heavy atom. The Bertz CT molecular complexity index is 299. The highest BCUT2D eigenvalue weighted by Gasteiger charge is 2.41. The van der Waals surface area contributed by atoms with Gasteiger partial charge in [-0.3, -0.25) is 0 Å². The van der Waals surface area contributed by atoms with Gasteiger partial charge in [-0.1, -0.05) is 18.1 Å². The van der Waals surface area contributed by atoms with E-state index in [4.69, 9.17) is 0 Å². The fraction of sp³-hybridized carbons (Fsp3) is 0.692. The zero-order valence-corrected chi connectivity index (χ0v) is 10.7. The predicted molar refractivity (Wildman–Crippen MR) is 63.9 cm³/mol. The van der Waals surface area contributed by atoms with E-state index >= 15 is 0 Å². The second-order valence-corrected chi connectivity index (χ2v) is 5.07. The SMILES string of the molecule is CC(C)=C1C(=C(C)C)[C@H](O)[C@@H](O)[C@@H](C)[C@H]1O. The van der Waals surface area contributed by atoms with Gasteiger partial charge in [0, 0.05) is 5.92 Å². The van der Waals surface area contributed by atoms with Crippen molar-refractivity contribution >= 4 is 0 Å². The number of aliphatic hydroxyl groups is 3. The minimum absolute atomic E-state index is 0.344. The molecule has 1 fully saturated rings. The standard InChI is InChI=1S/C13H22O3/c1-6(2)9-10(7(3)4)13(16)12(15)8(5)11(9)14/h8,11-16H,1-5H3/t8-,11+,12-,13-/m0/s1. The molecule has 0 unspecified atom stereocenters. The Morgan fingerprint density at radius 1 is 0.812 bits per heavy atom. The monoisotopic (exact) mass is 226 g/mol. The molecule has 0 aromatic heterocycles. The van der Waals surface area contributed by atoms with Gasteiger partial charge in [0.2, 0.25) is 0 Å². The van der Waals surface area contributed by atoms with Gasteiger partial charge in [-0.05, 0) is 38.8 Å². The van der Waals surface area contributed by atoms with E-state index in [0.717, 1.165) is 16.7 Å². The second-order valence-electron chi connectivity index (χ2n) is 5.07. The summed E-state index contributed by atoms with van der Waals surface area (Å²) in [6, 6.07) is 0. The van der Waals surface area contributed by atoms with E-state index in [9.17, 15) is 15.3 Å². The summed E-state index contributed by atoms with van der Waals surface area (Å²) in [6.07, 6.45) is -2.50. The van der Waals surface area contributed by atoms with Crippen LogP contribution in [-0.4, -0.2) is 33.6 Å². The summed E-state index contributed by atoms with van der Waals surface area (Å²) in [4.78, 5) is 0. The molecule has 0 saturated heterocycles. The molecule has 1 aliphatic carbocycles. The molecule has 0 spiro atoms. The van der Waals surface area contributed by atoms with E-state index in [1.54, 1.807) is 6.92 Å². The van der Waals surface area contributed by atoms with E-state index < -0.39 is 18.3 Å². The van der Waals surface area contributed by atoms with Crippen LogP contribution in [0.1, 0.15) is 34.6 Å². The van der Waals surface area contributed by atoms with Gasteiger partial charge < -0.3 is 15.3 Å². The topological polar surface area (TPSA) is 60.7 Å². The Balaban J connectivity index is 3.35. The summed E-state index contributed by atoms with van der Waals surface area (Å²) >= 11 is 0. The van der Waals surface area contributed by atoms with E-state index in [1.165, 1.54) is 0 Å². The number of hydrogen-bond donors (Lipinski definition) is 3. The fourth-order valence-electron chi connectivity index (χ4n) is 2.36. The van der Waals surface area contributed by atoms with Crippen molar-refractivity contribution in [2.45, 2.75) is 52.9 Å². The average molecular weight is 226 g/mol. The summed E-state index contributed by atoms with van der Waals surface area (Å²) in [5.74, 6) is -0.344. The van der Waals surface area contributed by atoms with Gasteiger partial charge in [0.25, 0.3) is 0 Å². The smallest absolute Gasteiger partial charge is 0.106 e. The van der Waals surface area contributed by atoms with E-state index in [2.05, 4.69) is 0 Å². The number of hydrogen-bond acceptors (Lipinski definition) is 3. The molecule has 0 bridgehead atoms. The largest absolute Gasteiger partial charge is 0.390 e. The second kappa shape index (κ2) is 4.70. The molecule has 0 aromatic carbocycles. The Morgan fingerprint density at radius 2 is 1.19 bits per heavy atom. The third-order valence-corrected chi connectivity index (χ3v) is 3.32. The molecule has 0 aliphatic heterocycles. The van der Waals surface area contributed by atoms with E-state index in [0.29, 0.717) is 5.57 Å². The minimum Gasteiger partial charge on any atom is -0.390 e. The molecule has 3 nitrogen and oxygen atoms in total. The van der Waals surface area contributed by atoms with Crippen LogP contribution in [0.25, 0.3) is 0 Å². The molecule has 4 atom stereocenters. The molecule has 0 radical (unpaired) electrons. The molecule has 92 valence electrons. The van der Waals surface area contributed by atoms with Crippen LogP contribution in [-0.2, 0) is 0 Å². The number of rotatable bonds is 0. The Hall–Kier alpha value is -0.640. The fourth-order valence-corrected chi connectivity index (χ4v) is 2.36. The van der Waals surface area contributed by atoms with Crippen LogP contribution in [0, 0.1) is 5.92 Å². The van der Waals surface area contributed by atoms with Crippen molar-refractivity contribution in [1.82, 2.24) is 0 Å². The van der Waals surface area contributed by atoms with Crippen LogP contribution in [0.5, 0.6) is 0 Å². The lowest BCUT2D eigenvalue weighted by Gasteiger charge is -2.39. The summed E-state index contributed by atoms with van der Waals surface area (Å²) < 4.78 is 0. The first-order valence-electron chi connectivity index (χ1n) is 5.68. The van der Waals surface area contributed by atoms with Crippen molar-refractivity contribution in [3.8, 4) is 0 Å². The normalized spacial score (nSPS) is 35.2. The lowest BCUT2D eigenvalue weighted by Crippen LogP contribution is -2.47. The van der Waals surface area contributed by atoms with Crippen LogP contribution >= 0.6 is 0 Å². The zero-order valence-electron chi connectivity index (χ0n) is 10.7. The molecule has 3 heteroatoms. The molecular weight excluding hydrogens is 204 g/mol. The first-order chi connectivity index (χ1) is 7.29. The van der Waals surface area contributed by atoms with Crippen LogP contribution in [0.3, 0.4) is 0 Å². The first kappa shape index (κ1) is 13.4. The van der Waals surface area contributed by atoms with Crippen molar-refractivity contribution in [2.75, 3.05) is 0 Å². The predicted octanol–water partition coefficient (Wildman–Crippen LogP) is 1.39. The molecule has 1 rings (SSSR count). The van der Waals surface area contributed by atoms with Gasteiger partial charge in [-0.15, -0.1) is 0 Å². The van der Waals surface area contributed by atoms with E-state index in [-0.39, 0.29) is 5.92 Å². The summed E-state index contributed by atoms with van der Waals surface area (Å²) in [6.45, 7) is 9.36. The Kier molecular flexibility index (Phi) is 3.94. The minimum atomic E-state index is -0.900. The van der Waals surface area contributed by atoms with Crippen molar-refractivity contribution in [3.05, 3.63) is 22.3 Å². The van der Waals surface area contributed by atoms with Crippen LogP contribution in [0.4, 0.5) is 0 Å². The number of aliphatic hydroxyl groups excluding tert-OH is 3. The maximum Gasteiger partial charge on any atom is 0.106 e. The highest BCUT2D eigenvalue weighted by Crippen LogP contribution is 2.37. The summed E-state index contributed by atoms with van der Waals surface area (Å²) in [7, 11) is 0. The van der Waals surface area contributed by atoms with Crippen molar-refractivity contribution < 1.29 is 15.3 Å². The van der Waals surface area contributed by atoms with Gasteiger partial charge in [-0.25, -0.2) is 0 Å². The van der Waals surface area contributed by atoms with Crippen molar-refractivity contribution in [2.24, 2.45) is 5.92 Å². The molecule has 1 aliphatic rings. The third kappa shape index (κ3) is 2.08. The molecule has 1 saturated carbocycles. The maximum absolute atomic E-state index is 10.2. The van der Waals surface area contributed by atoms with Crippen LogP contribution in [0.15, 0.2) is 22.3 Å². The number of allylic oxidation sites excluding steroid dienone is 2. The van der Waals surface area contributed by atoms with Gasteiger partial charge in [-0.2, -0.15) is 0 Å². The Labute approximate surface area is 97.1 Å². The van der Waals surface area contributed by atoms with Crippen LogP contribution < -0.4 is 0 Å².